The van der Waals surface area contributed by atoms with Crippen LogP contribution < -0.4 is 41.5 Å². The number of nitrogen functional groups attached to an aromatic ring is 1. The van der Waals surface area contributed by atoms with Crippen LogP contribution in [0, 0.1) is 20.8 Å². The number of carbonyl (C=O) groups is 4. The minimum atomic E-state index is -1.42. The molecule has 0 unspecified atom stereocenters. The van der Waals surface area contributed by atoms with Crippen molar-refractivity contribution in [3.8, 4) is 45.5 Å². The van der Waals surface area contributed by atoms with Crippen molar-refractivity contribution in [3.05, 3.63) is 256 Å². The van der Waals surface area contributed by atoms with Crippen LogP contribution in [-0.4, -0.2) is 102 Å². The molecule has 0 aliphatic carbocycles. The van der Waals surface area contributed by atoms with Gasteiger partial charge < -0.3 is 56.2 Å². The zero-order valence-corrected chi connectivity index (χ0v) is 60.3. The van der Waals surface area contributed by atoms with Crippen molar-refractivity contribution < 1.29 is 53.6 Å². The van der Waals surface area contributed by atoms with Crippen molar-refractivity contribution in [3.63, 3.8) is 0 Å². The number of aromatic carboxylic acids is 1. The summed E-state index contributed by atoms with van der Waals surface area (Å²) in [6.07, 6.45) is 0. The molecule has 9 N–H and O–H groups in total. The van der Waals surface area contributed by atoms with Gasteiger partial charge in [0.05, 0.1) is 115 Å². The summed E-state index contributed by atoms with van der Waals surface area (Å²) < 4.78 is 22.2. The van der Waals surface area contributed by atoms with Crippen molar-refractivity contribution in [2.24, 2.45) is 21.1 Å². The minimum Gasteiger partial charge on any atom is -0.506 e. The SMILES string of the molecule is COc1cc(-c2cc(C)nn2C)ccc1NC(=O)c1ccccc1Cl.COc1cc(Br)ccc1C(=O)O.COc1cc(Br)ccc1NC(=O)c1ccccc1Cl.Cc1cc(-c2ccc(NC(=O)c3ccccc3Cl)c(O)c2)n(C)n1.Cc1cc(B(O)O)n(C)n1.Nc1ccccc1Cl. The van der Waals surface area contributed by atoms with Gasteiger partial charge in [-0.2, -0.15) is 15.3 Å². The lowest BCUT2D eigenvalue weighted by atomic mass is 9.86. The number of para-hydroxylation sites is 1. The molecule has 11 aromatic rings. The van der Waals surface area contributed by atoms with Crippen LogP contribution >= 0.6 is 78.3 Å². The fourth-order valence-corrected chi connectivity index (χ4v) is 10.5. The second kappa shape index (κ2) is 37.2. The Labute approximate surface area is 603 Å². The third kappa shape index (κ3) is 22.2. The molecule has 3 aromatic heterocycles. The summed E-state index contributed by atoms with van der Waals surface area (Å²) in [6.45, 7) is 5.65. The van der Waals surface area contributed by atoms with E-state index in [1.807, 2.05) is 87.2 Å². The number of aryl methyl sites for hydroxylation is 6. The van der Waals surface area contributed by atoms with Gasteiger partial charge in [0.1, 0.15) is 28.6 Å². The number of aromatic hydroxyl groups is 1. The number of carboxylic acids is 1. The topological polar surface area (TPSA) is 292 Å². The second-order valence-corrected chi connectivity index (χ2v) is 24.2. The fraction of sp³-hybridized carbons (Fsp3) is 0.129. The van der Waals surface area contributed by atoms with Gasteiger partial charge in [-0.3, -0.25) is 28.4 Å². The third-order valence-electron chi connectivity index (χ3n) is 13.7. The van der Waals surface area contributed by atoms with Crippen LogP contribution in [0.25, 0.3) is 22.5 Å². The van der Waals surface area contributed by atoms with E-state index in [0.29, 0.717) is 82.4 Å². The number of anilines is 4. The summed E-state index contributed by atoms with van der Waals surface area (Å²) in [4.78, 5) is 47.5. The van der Waals surface area contributed by atoms with Gasteiger partial charge in [0, 0.05) is 41.2 Å². The van der Waals surface area contributed by atoms with Gasteiger partial charge in [-0.15, -0.1) is 0 Å². The van der Waals surface area contributed by atoms with Gasteiger partial charge >= 0.3 is 13.1 Å². The van der Waals surface area contributed by atoms with E-state index in [4.69, 9.17) is 81.5 Å². The van der Waals surface area contributed by atoms with E-state index in [2.05, 4.69) is 63.1 Å². The molecule has 508 valence electrons. The average molecular weight is 1540 g/mol. The summed E-state index contributed by atoms with van der Waals surface area (Å²) in [6, 6.07) is 54.1. The molecule has 3 amide bonds. The number of rotatable bonds is 13. The number of carbonyl (C=O) groups excluding carboxylic acids is 3. The van der Waals surface area contributed by atoms with E-state index < -0.39 is 13.1 Å². The van der Waals surface area contributed by atoms with Crippen LogP contribution in [0.1, 0.15) is 58.5 Å². The van der Waals surface area contributed by atoms with Crippen molar-refractivity contribution in [2.75, 3.05) is 43.0 Å². The summed E-state index contributed by atoms with van der Waals surface area (Å²) in [5.74, 6) is -0.436. The average Bonchev–Trinajstić information content (AvgIpc) is 1.51. The van der Waals surface area contributed by atoms with Crippen LogP contribution in [0.2, 0.25) is 20.1 Å². The van der Waals surface area contributed by atoms with E-state index in [-0.39, 0.29) is 29.0 Å². The van der Waals surface area contributed by atoms with E-state index >= 15 is 0 Å². The quantitative estimate of drug-likeness (QED) is 0.0302. The maximum absolute atomic E-state index is 12.5. The molecule has 11 rings (SSSR count). The Morgan fingerprint density at radius 2 is 0.827 bits per heavy atom. The number of nitrogens with zero attached hydrogens (tertiary/aromatic N) is 6. The molecule has 3 heterocycles. The molecule has 0 radical (unpaired) electrons. The maximum Gasteiger partial charge on any atom is 0.507 e. The lowest BCUT2D eigenvalue weighted by Gasteiger charge is -2.13. The molecule has 8 aromatic carbocycles. The number of aromatic nitrogens is 6. The maximum atomic E-state index is 12.5. The molecular formula is C70H67BBr2Cl4N10O11. The van der Waals surface area contributed by atoms with Crippen LogP contribution in [0.15, 0.2) is 197 Å². The van der Waals surface area contributed by atoms with Gasteiger partial charge in [-0.05, 0) is 148 Å². The number of nitrogens with two attached hydrogens (primary N) is 1. The first-order chi connectivity index (χ1) is 46.6. The summed E-state index contributed by atoms with van der Waals surface area (Å²) in [5, 5.41) is 59.0. The Morgan fingerprint density at radius 3 is 1.18 bits per heavy atom. The largest absolute Gasteiger partial charge is 0.507 e. The molecule has 0 saturated heterocycles. The lowest BCUT2D eigenvalue weighted by Crippen LogP contribution is -2.35. The molecule has 0 atom stereocenters. The number of methoxy groups -OCH3 is 3. The molecule has 98 heavy (non-hydrogen) atoms. The van der Waals surface area contributed by atoms with Crippen molar-refractivity contribution in [2.45, 2.75) is 20.8 Å². The Bertz CT molecular complexity index is 4570. The number of hydrogen-bond donors (Lipinski definition) is 8. The van der Waals surface area contributed by atoms with Crippen LogP contribution in [-0.2, 0) is 21.1 Å². The van der Waals surface area contributed by atoms with E-state index in [9.17, 15) is 24.3 Å². The minimum absolute atomic E-state index is 0.0215. The van der Waals surface area contributed by atoms with Gasteiger partial charge in [-0.1, -0.05) is 139 Å². The number of amides is 3. The molecule has 28 heteroatoms. The highest BCUT2D eigenvalue weighted by Crippen LogP contribution is 2.34. The molecule has 0 bridgehead atoms. The number of carboxylic acid groups (broad SMARTS) is 1. The predicted molar refractivity (Wildman–Crippen MR) is 395 cm³/mol. The summed E-state index contributed by atoms with van der Waals surface area (Å²) >= 11 is 30.2. The van der Waals surface area contributed by atoms with Crippen LogP contribution in [0.5, 0.6) is 23.0 Å². The van der Waals surface area contributed by atoms with Gasteiger partial charge in [0.15, 0.2) is 0 Å². The highest BCUT2D eigenvalue weighted by molar-refractivity contribution is 9.10. The van der Waals surface area contributed by atoms with Crippen molar-refractivity contribution in [1.29, 1.82) is 0 Å². The lowest BCUT2D eigenvalue weighted by molar-refractivity contribution is 0.0692. The Morgan fingerprint density at radius 1 is 0.459 bits per heavy atom. The number of hydrogen-bond acceptors (Lipinski definition) is 14. The third-order valence-corrected chi connectivity index (χ3v) is 16.0. The number of phenols is 1. The van der Waals surface area contributed by atoms with Crippen LogP contribution in [0.4, 0.5) is 22.7 Å². The standard InChI is InChI=1S/C19H18ClN3O2.C18H16ClN3O2.C14H11BrClNO2.C8H7BrO3.C6H6ClN.C5H9BN2O2/c1-12-10-17(23(2)22-12)13-8-9-16(18(11-13)25-3)21-19(24)14-6-4-5-7-15(14)20;1-11-9-16(22(2)21-11)12-7-8-15(17(23)10-12)20-18(24)13-5-3-4-6-14(13)19;1-19-13-8-9(15)6-7-12(13)17-14(18)10-4-2-3-5-11(10)16;1-12-7-4-5(9)2-3-6(7)8(10)11;7-5-3-1-2-4-6(5)8;1-4-3-5(6(9)10)8(2)7-4/h4-11H,1-3H3,(H,21,24);3-10,23H,1-2H3,(H,20,24);2-8H,1H3,(H,17,18);2-4H,1H3,(H,10,11);1-4H,8H2;3,9-10H,1-2H3. The molecular weight excluding hydrogens is 1470 g/mol. The first-order valence-electron chi connectivity index (χ1n) is 29.1. The Hall–Kier alpha value is -9.63. The van der Waals surface area contributed by atoms with Crippen LogP contribution in [0.3, 0.4) is 0 Å². The number of phenolic OH excluding ortho intramolecular Hbond substituents is 1. The summed E-state index contributed by atoms with van der Waals surface area (Å²) in [7, 11) is 8.53. The highest BCUT2D eigenvalue weighted by Gasteiger charge is 2.19. The normalized spacial score (nSPS) is 10.2. The molecule has 0 aliphatic heterocycles. The number of halogens is 6. The van der Waals surface area contributed by atoms with E-state index in [1.165, 1.54) is 17.9 Å². The fourth-order valence-electron chi connectivity index (χ4n) is 8.97. The highest BCUT2D eigenvalue weighted by atomic mass is 79.9. The first-order valence-corrected chi connectivity index (χ1v) is 32.2. The molecule has 0 fully saturated rings. The number of nitrogens with one attached hydrogen (secondary N) is 3. The van der Waals surface area contributed by atoms with Gasteiger partial charge in [0.25, 0.3) is 17.7 Å². The molecule has 0 saturated carbocycles. The summed E-state index contributed by atoms with van der Waals surface area (Å²) in [5.41, 5.74) is 15.5. The van der Waals surface area contributed by atoms with Gasteiger partial charge in [-0.25, -0.2) is 4.79 Å². The zero-order chi connectivity index (χ0) is 71.9. The Balaban J connectivity index is 0.000000194. The predicted octanol–water partition coefficient (Wildman–Crippen LogP) is 15.2. The zero-order valence-electron chi connectivity index (χ0n) is 54.2. The van der Waals surface area contributed by atoms with Crippen molar-refractivity contribution in [1.82, 2.24) is 29.3 Å². The van der Waals surface area contributed by atoms with E-state index in [0.717, 1.165) is 48.5 Å². The Kier molecular flexibility index (Phi) is 29.4. The van der Waals surface area contributed by atoms with E-state index in [1.54, 1.807) is 160 Å². The monoisotopic (exact) mass is 1530 g/mol. The molecule has 0 spiro atoms. The second-order valence-electron chi connectivity index (χ2n) is 20.8. The molecule has 0 aliphatic rings. The number of benzene rings is 8. The first kappa shape index (κ1) is 77.4. The van der Waals surface area contributed by atoms with Gasteiger partial charge in [0.2, 0.25) is 0 Å². The van der Waals surface area contributed by atoms with Crippen molar-refractivity contribution >= 4 is 137 Å². The number of ether oxygens (including phenoxy) is 3. The smallest absolute Gasteiger partial charge is 0.506 e. The molecule has 21 nitrogen and oxygen atoms in total.